The number of rotatable bonds is 1. The maximum atomic E-state index is 4.00. The number of aryl methyl sites for hydroxylation is 3. The Morgan fingerprint density at radius 1 is 1.07 bits per heavy atom. The van der Waals surface area contributed by atoms with Gasteiger partial charge in [-0.1, -0.05) is 22.2 Å². The van der Waals surface area contributed by atoms with Crippen molar-refractivity contribution in [2.24, 2.45) is 0 Å². The molecule has 0 aliphatic heterocycles. The van der Waals surface area contributed by atoms with Crippen LogP contribution in [0.5, 0.6) is 0 Å². The topological polar surface area (TPSA) is 38.7 Å². The molecule has 0 aliphatic rings. The van der Waals surface area contributed by atoms with Crippen LogP contribution in [-0.4, -0.2) is 14.8 Å². The highest BCUT2D eigenvalue weighted by Crippen LogP contribution is 2.27. The van der Waals surface area contributed by atoms with Crippen molar-refractivity contribution < 1.29 is 0 Å². The van der Waals surface area contributed by atoms with Crippen LogP contribution in [-0.2, 0) is 0 Å². The Bertz CT molecular complexity index is 425. The summed E-state index contributed by atoms with van der Waals surface area (Å²) in [5, 5.41) is 8.52. The number of nitrogens with zero attached hydrogens (tertiary/aromatic N) is 3. The van der Waals surface area contributed by atoms with Crippen molar-refractivity contribution in [3.05, 3.63) is 28.8 Å². The molecule has 0 fully saturated rings. The zero-order valence-electron chi connectivity index (χ0n) is 8.40. The summed E-state index contributed by atoms with van der Waals surface area (Å²) >= 11 is 1.34. The lowest BCUT2D eigenvalue weighted by Crippen LogP contribution is -1.89. The number of benzene rings is 1. The van der Waals surface area contributed by atoms with E-state index in [1.54, 1.807) is 0 Å². The summed E-state index contributed by atoms with van der Waals surface area (Å²) in [7, 11) is 0. The third-order valence-electron chi connectivity index (χ3n) is 2.19. The summed E-state index contributed by atoms with van der Waals surface area (Å²) in [6, 6.07) is 4.31. The fourth-order valence-corrected chi connectivity index (χ4v) is 2.38. The van der Waals surface area contributed by atoms with Crippen LogP contribution in [0.4, 0.5) is 0 Å². The van der Waals surface area contributed by atoms with E-state index in [-0.39, 0.29) is 0 Å². The Kier molecular flexibility index (Phi) is 2.29. The van der Waals surface area contributed by atoms with E-state index in [1.807, 2.05) is 0 Å². The van der Waals surface area contributed by atoms with Gasteiger partial charge in [0.15, 0.2) is 5.01 Å². The van der Waals surface area contributed by atoms with Crippen LogP contribution in [0.25, 0.3) is 10.6 Å². The second-order valence-corrected chi connectivity index (χ2v) is 4.17. The third kappa shape index (κ3) is 1.53. The molecule has 0 saturated carbocycles. The average molecular weight is 205 g/mol. The predicted octanol–water partition coefficient (Wildman–Crippen LogP) is 2.53. The zero-order valence-corrected chi connectivity index (χ0v) is 9.22. The molecule has 2 aromatic rings. The van der Waals surface area contributed by atoms with Gasteiger partial charge in [0.2, 0.25) is 0 Å². The number of hydrogen-bond acceptors (Lipinski definition) is 4. The lowest BCUT2D eigenvalue weighted by atomic mass is 10.0. The van der Waals surface area contributed by atoms with E-state index in [9.17, 15) is 0 Å². The normalized spacial score (nSPS) is 10.5. The van der Waals surface area contributed by atoms with Gasteiger partial charge in [-0.15, -0.1) is 5.10 Å². The number of hydrogen-bond donors (Lipinski definition) is 0. The standard InChI is InChI=1S/C10H11N3S/c1-6-4-7(2)9(8(3)5-6)10-11-12-13-14-10/h4-5H,1-3H3. The summed E-state index contributed by atoms with van der Waals surface area (Å²) in [6.45, 7) is 6.29. The summed E-state index contributed by atoms with van der Waals surface area (Å²) in [5.74, 6) is 0. The van der Waals surface area contributed by atoms with Gasteiger partial charge in [-0.3, -0.25) is 0 Å². The van der Waals surface area contributed by atoms with Crippen molar-refractivity contribution in [1.29, 1.82) is 0 Å². The van der Waals surface area contributed by atoms with Crippen LogP contribution in [0.3, 0.4) is 0 Å². The van der Waals surface area contributed by atoms with Gasteiger partial charge in [-0.2, -0.15) is 0 Å². The highest BCUT2D eigenvalue weighted by atomic mass is 32.1. The Balaban J connectivity index is 2.64. The molecule has 14 heavy (non-hydrogen) atoms. The molecular formula is C10H11N3S. The van der Waals surface area contributed by atoms with E-state index in [0.29, 0.717) is 0 Å². The molecule has 0 atom stereocenters. The second kappa shape index (κ2) is 3.46. The molecule has 0 unspecified atom stereocenters. The van der Waals surface area contributed by atoms with Crippen molar-refractivity contribution in [1.82, 2.24) is 14.8 Å². The van der Waals surface area contributed by atoms with Crippen LogP contribution in [0.15, 0.2) is 12.1 Å². The lowest BCUT2D eigenvalue weighted by Gasteiger charge is -2.06. The van der Waals surface area contributed by atoms with Crippen molar-refractivity contribution in [2.45, 2.75) is 20.8 Å². The van der Waals surface area contributed by atoms with Gasteiger partial charge in [0, 0.05) is 17.1 Å². The largest absolute Gasteiger partial charge is 0.168 e. The van der Waals surface area contributed by atoms with Crippen molar-refractivity contribution in [2.75, 3.05) is 0 Å². The highest BCUT2D eigenvalue weighted by Gasteiger charge is 2.09. The third-order valence-corrected chi connectivity index (χ3v) is 2.80. The van der Waals surface area contributed by atoms with Crippen LogP contribution in [0.2, 0.25) is 0 Å². The Hall–Kier alpha value is -1.29. The van der Waals surface area contributed by atoms with Crippen molar-refractivity contribution in [3.63, 3.8) is 0 Å². The maximum absolute atomic E-state index is 4.00. The SMILES string of the molecule is Cc1cc(C)c(-c2nnns2)c(C)c1. The van der Waals surface area contributed by atoms with Gasteiger partial charge in [0.05, 0.1) is 0 Å². The molecule has 0 N–H and O–H groups in total. The summed E-state index contributed by atoms with van der Waals surface area (Å²) in [4.78, 5) is 0. The van der Waals surface area contributed by atoms with Gasteiger partial charge in [0.25, 0.3) is 0 Å². The molecule has 1 aromatic heterocycles. The van der Waals surface area contributed by atoms with Crippen molar-refractivity contribution in [3.8, 4) is 10.6 Å². The van der Waals surface area contributed by atoms with E-state index in [1.165, 1.54) is 33.8 Å². The fourth-order valence-electron chi connectivity index (χ4n) is 1.75. The molecule has 0 saturated heterocycles. The number of aromatic nitrogens is 3. The quantitative estimate of drug-likeness (QED) is 0.718. The van der Waals surface area contributed by atoms with Gasteiger partial charge in [0.1, 0.15) is 0 Å². The first-order valence-electron chi connectivity index (χ1n) is 4.42. The first-order chi connectivity index (χ1) is 6.68. The van der Waals surface area contributed by atoms with E-state index < -0.39 is 0 Å². The molecule has 0 bridgehead atoms. The van der Waals surface area contributed by atoms with E-state index in [4.69, 9.17) is 0 Å². The van der Waals surface area contributed by atoms with Gasteiger partial charge >= 0.3 is 0 Å². The molecule has 4 heteroatoms. The monoisotopic (exact) mass is 205 g/mol. The highest BCUT2D eigenvalue weighted by molar-refractivity contribution is 7.08. The second-order valence-electron chi connectivity index (χ2n) is 3.44. The minimum Gasteiger partial charge on any atom is -0.117 e. The van der Waals surface area contributed by atoms with Crippen LogP contribution in [0, 0.1) is 20.8 Å². The van der Waals surface area contributed by atoms with Gasteiger partial charge in [-0.25, -0.2) is 0 Å². The lowest BCUT2D eigenvalue weighted by molar-refractivity contribution is 0.960. The predicted molar refractivity (Wildman–Crippen MR) is 57.4 cm³/mol. The van der Waals surface area contributed by atoms with Crippen LogP contribution in [0.1, 0.15) is 16.7 Å². The zero-order chi connectivity index (χ0) is 10.1. The average Bonchev–Trinajstić information content (AvgIpc) is 2.54. The molecule has 3 nitrogen and oxygen atoms in total. The molecular weight excluding hydrogens is 194 g/mol. The molecule has 0 aliphatic carbocycles. The Labute approximate surface area is 87.0 Å². The minimum atomic E-state index is 0.903. The summed E-state index contributed by atoms with van der Waals surface area (Å²) in [5.41, 5.74) is 4.92. The minimum absolute atomic E-state index is 0.903. The first-order valence-corrected chi connectivity index (χ1v) is 5.19. The molecule has 0 radical (unpaired) electrons. The molecule has 1 heterocycles. The van der Waals surface area contributed by atoms with E-state index in [0.717, 1.165) is 5.01 Å². The van der Waals surface area contributed by atoms with E-state index in [2.05, 4.69) is 47.7 Å². The maximum Gasteiger partial charge on any atom is 0.168 e. The summed E-state index contributed by atoms with van der Waals surface area (Å²) < 4.78 is 3.78. The van der Waals surface area contributed by atoms with Crippen LogP contribution >= 0.6 is 11.5 Å². The van der Waals surface area contributed by atoms with Gasteiger partial charge < -0.3 is 0 Å². The first kappa shape index (κ1) is 9.27. The van der Waals surface area contributed by atoms with E-state index >= 15 is 0 Å². The summed E-state index contributed by atoms with van der Waals surface area (Å²) in [6.07, 6.45) is 0. The smallest absolute Gasteiger partial charge is 0.117 e. The Morgan fingerprint density at radius 3 is 2.21 bits per heavy atom. The molecule has 0 spiro atoms. The fraction of sp³-hybridized carbons (Fsp3) is 0.300. The van der Waals surface area contributed by atoms with Crippen LogP contribution < -0.4 is 0 Å². The molecule has 2 rings (SSSR count). The van der Waals surface area contributed by atoms with Gasteiger partial charge in [-0.05, 0) is 37.1 Å². The molecule has 0 amide bonds. The molecule has 1 aromatic carbocycles. The Morgan fingerprint density at radius 2 is 1.71 bits per heavy atom. The van der Waals surface area contributed by atoms with Crippen molar-refractivity contribution >= 4 is 11.5 Å². The molecule has 72 valence electrons.